The van der Waals surface area contributed by atoms with Gasteiger partial charge in [-0.25, -0.2) is 0 Å². The number of nitrogens with two attached hydrogens (primary N) is 1. The summed E-state index contributed by atoms with van der Waals surface area (Å²) in [6.45, 7) is 2.09. The summed E-state index contributed by atoms with van der Waals surface area (Å²) in [6, 6.07) is 10.4. The molecule has 0 saturated heterocycles. The number of rotatable bonds is 5. The number of hydrogen-bond acceptors (Lipinski definition) is 3. The highest BCUT2D eigenvalue weighted by molar-refractivity contribution is 5.62. The zero-order valence-corrected chi connectivity index (χ0v) is 11.8. The van der Waals surface area contributed by atoms with E-state index in [1.54, 1.807) is 11.8 Å². The quantitative estimate of drug-likeness (QED) is 0.898. The van der Waals surface area contributed by atoms with Crippen molar-refractivity contribution in [1.82, 2.24) is 9.78 Å². The SMILES string of the molecule is COC(C)CCc1ccc(-c2cc(N)n(C)n2)cc1. The standard InChI is InChI=1S/C15H21N3O/c1-11(19-3)4-5-12-6-8-13(9-7-12)14-10-15(16)18(2)17-14/h6-11H,4-5,16H2,1-3H3. The molecule has 1 unspecified atom stereocenters. The van der Waals surface area contributed by atoms with Crippen LogP contribution in [-0.2, 0) is 18.2 Å². The van der Waals surface area contributed by atoms with Crippen molar-refractivity contribution >= 4 is 5.82 Å². The molecule has 0 amide bonds. The highest BCUT2D eigenvalue weighted by atomic mass is 16.5. The average Bonchev–Trinajstić information content (AvgIpc) is 2.76. The Labute approximate surface area is 114 Å². The van der Waals surface area contributed by atoms with Crippen LogP contribution in [0.2, 0.25) is 0 Å². The van der Waals surface area contributed by atoms with Gasteiger partial charge in [0.2, 0.25) is 0 Å². The van der Waals surface area contributed by atoms with Crippen LogP contribution in [0.4, 0.5) is 5.82 Å². The van der Waals surface area contributed by atoms with Gasteiger partial charge in [0.25, 0.3) is 0 Å². The molecule has 1 aromatic heterocycles. The predicted molar refractivity (Wildman–Crippen MR) is 77.8 cm³/mol. The van der Waals surface area contributed by atoms with Gasteiger partial charge in [-0.2, -0.15) is 5.10 Å². The van der Waals surface area contributed by atoms with Crippen LogP contribution in [0.1, 0.15) is 18.9 Å². The summed E-state index contributed by atoms with van der Waals surface area (Å²) in [4.78, 5) is 0. The third-order valence-corrected chi connectivity index (χ3v) is 3.41. The largest absolute Gasteiger partial charge is 0.384 e. The van der Waals surface area contributed by atoms with Crippen molar-refractivity contribution < 1.29 is 4.74 Å². The zero-order valence-electron chi connectivity index (χ0n) is 11.8. The van der Waals surface area contributed by atoms with E-state index in [-0.39, 0.29) is 0 Å². The fourth-order valence-corrected chi connectivity index (χ4v) is 1.95. The maximum absolute atomic E-state index is 5.79. The van der Waals surface area contributed by atoms with Gasteiger partial charge in [0.05, 0.1) is 11.8 Å². The lowest BCUT2D eigenvalue weighted by Crippen LogP contribution is -2.05. The first-order valence-electron chi connectivity index (χ1n) is 6.51. The second kappa shape index (κ2) is 5.89. The summed E-state index contributed by atoms with van der Waals surface area (Å²) in [6.07, 6.45) is 2.36. The van der Waals surface area contributed by atoms with Gasteiger partial charge < -0.3 is 10.5 Å². The number of nitrogen functional groups attached to an aromatic ring is 1. The molecule has 0 spiro atoms. The molecule has 19 heavy (non-hydrogen) atoms. The fraction of sp³-hybridized carbons (Fsp3) is 0.400. The highest BCUT2D eigenvalue weighted by Gasteiger charge is 2.05. The first-order valence-corrected chi connectivity index (χ1v) is 6.51. The predicted octanol–water partition coefficient (Wildman–Crippen LogP) is 2.64. The van der Waals surface area contributed by atoms with Gasteiger partial charge in [-0.3, -0.25) is 4.68 Å². The topological polar surface area (TPSA) is 53.1 Å². The number of methoxy groups -OCH3 is 1. The van der Waals surface area contributed by atoms with Crippen molar-refractivity contribution in [3.63, 3.8) is 0 Å². The minimum Gasteiger partial charge on any atom is -0.384 e. The summed E-state index contributed by atoms with van der Waals surface area (Å²) >= 11 is 0. The summed E-state index contributed by atoms with van der Waals surface area (Å²) in [5.41, 5.74) is 9.11. The van der Waals surface area contributed by atoms with E-state index in [9.17, 15) is 0 Å². The summed E-state index contributed by atoms with van der Waals surface area (Å²) in [5, 5.41) is 4.37. The Morgan fingerprint density at radius 3 is 2.53 bits per heavy atom. The molecular formula is C15H21N3O. The third-order valence-electron chi connectivity index (χ3n) is 3.41. The van der Waals surface area contributed by atoms with Gasteiger partial charge in [0, 0.05) is 25.8 Å². The van der Waals surface area contributed by atoms with E-state index in [1.165, 1.54) is 5.56 Å². The summed E-state index contributed by atoms with van der Waals surface area (Å²) < 4.78 is 6.94. The van der Waals surface area contributed by atoms with E-state index in [2.05, 4.69) is 36.3 Å². The first-order chi connectivity index (χ1) is 9.10. The second-order valence-corrected chi connectivity index (χ2v) is 4.86. The minimum atomic E-state index is 0.301. The summed E-state index contributed by atoms with van der Waals surface area (Å²) in [7, 11) is 3.60. The molecule has 4 heteroatoms. The highest BCUT2D eigenvalue weighted by Crippen LogP contribution is 2.20. The Morgan fingerprint density at radius 1 is 1.32 bits per heavy atom. The van der Waals surface area contributed by atoms with E-state index in [1.807, 2.05) is 13.1 Å². The molecule has 0 aliphatic heterocycles. The molecule has 0 aliphatic rings. The lowest BCUT2D eigenvalue weighted by atomic mass is 10.0. The first kappa shape index (κ1) is 13.6. The number of aryl methyl sites for hydroxylation is 2. The van der Waals surface area contributed by atoms with Crippen molar-refractivity contribution in [2.75, 3.05) is 12.8 Å². The van der Waals surface area contributed by atoms with Crippen LogP contribution in [0.5, 0.6) is 0 Å². The molecule has 2 N–H and O–H groups in total. The Bertz CT molecular complexity index is 511. The molecule has 102 valence electrons. The lowest BCUT2D eigenvalue weighted by molar-refractivity contribution is 0.111. The molecule has 1 atom stereocenters. The molecule has 0 fully saturated rings. The maximum atomic E-state index is 5.79. The average molecular weight is 259 g/mol. The molecule has 2 aromatic rings. The molecule has 2 rings (SSSR count). The summed E-state index contributed by atoms with van der Waals surface area (Å²) in [5.74, 6) is 0.674. The Kier molecular flexibility index (Phi) is 4.22. The maximum Gasteiger partial charge on any atom is 0.121 e. The number of nitrogens with zero attached hydrogens (tertiary/aromatic N) is 2. The number of benzene rings is 1. The van der Waals surface area contributed by atoms with Crippen LogP contribution in [0, 0.1) is 0 Å². The number of hydrogen-bond donors (Lipinski definition) is 1. The van der Waals surface area contributed by atoms with Crippen LogP contribution >= 0.6 is 0 Å². The second-order valence-electron chi connectivity index (χ2n) is 4.86. The molecule has 0 radical (unpaired) electrons. The molecule has 0 bridgehead atoms. The molecule has 0 aliphatic carbocycles. The van der Waals surface area contributed by atoms with Crippen molar-refractivity contribution in [3.05, 3.63) is 35.9 Å². The molecule has 0 saturated carbocycles. The van der Waals surface area contributed by atoms with Crippen LogP contribution in [0.15, 0.2) is 30.3 Å². The smallest absolute Gasteiger partial charge is 0.121 e. The number of anilines is 1. The van der Waals surface area contributed by atoms with Gasteiger partial charge >= 0.3 is 0 Å². The van der Waals surface area contributed by atoms with E-state index in [4.69, 9.17) is 10.5 Å². The van der Waals surface area contributed by atoms with Crippen LogP contribution in [0.25, 0.3) is 11.3 Å². The lowest BCUT2D eigenvalue weighted by Gasteiger charge is -2.09. The van der Waals surface area contributed by atoms with Crippen molar-refractivity contribution in [1.29, 1.82) is 0 Å². The third kappa shape index (κ3) is 3.35. The van der Waals surface area contributed by atoms with Gasteiger partial charge in [-0.05, 0) is 25.3 Å². The fourth-order valence-electron chi connectivity index (χ4n) is 1.95. The van der Waals surface area contributed by atoms with E-state index < -0.39 is 0 Å². The van der Waals surface area contributed by atoms with Gasteiger partial charge in [0.15, 0.2) is 0 Å². The molecule has 1 aromatic carbocycles. The molecular weight excluding hydrogens is 238 g/mol. The van der Waals surface area contributed by atoms with Gasteiger partial charge in [-0.1, -0.05) is 24.3 Å². The monoisotopic (exact) mass is 259 g/mol. The van der Waals surface area contributed by atoms with Gasteiger partial charge in [0.1, 0.15) is 5.82 Å². The van der Waals surface area contributed by atoms with Crippen LogP contribution in [-0.4, -0.2) is 23.0 Å². The van der Waals surface area contributed by atoms with E-state index >= 15 is 0 Å². The van der Waals surface area contributed by atoms with Crippen LogP contribution < -0.4 is 5.73 Å². The molecule has 4 nitrogen and oxygen atoms in total. The number of aromatic nitrogens is 2. The van der Waals surface area contributed by atoms with E-state index in [0.717, 1.165) is 24.1 Å². The Balaban J connectivity index is 2.06. The normalized spacial score (nSPS) is 12.6. The van der Waals surface area contributed by atoms with Gasteiger partial charge in [-0.15, -0.1) is 0 Å². The Hall–Kier alpha value is -1.81. The van der Waals surface area contributed by atoms with Crippen molar-refractivity contribution in [2.45, 2.75) is 25.9 Å². The van der Waals surface area contributed by atoms with Crippen molar-refractivity contribution in [2.24, 2.45) is 7.05 Å². The van der Waals surface area contributed by atoms with Crippen molar-refractivity contribution in [3.8, 4) is 11.3 Å². The minimum absolute atomic E-state index is 0.301. The van der Waals surface area contributed by atoms with Crippen LogP contribution in [0.3, 0.4) is 0 Å². The Morgan fingerprint density at radius 2 is 2.00 bits per heavy atom. The zero-order chi connectivity index (χ0) is 13.8. The number of ether oxygens (including phenoxy) is 1. The van der Waals surface area contributed by atoms with E-state index in [0.29, 0.717) is 11.9 Å². The molecule has 1 heterocycles.